The first-order valence-corrected chi connectivity index (χ1v) is 12.7. The molecule has 2 aromatic rings. The maximum Gasteiger partial charge on any atom is 0.416 e. The Balaban J connectivity index is 1.71. The zero-order valence-electron chi connectivity index (χ0n) is 20.2. The van der Waals surface area contributed by atoms with E-state index in [0.29, 0.717) is 6.07 Å². The summed E-state index contributed by atoms with van der Waals surface area (Å²) in [4.78, 5) is 11.7. The Morgan fingerprint density at radius 3 is 2.62 bits per heavy atom. The highest BCUT2D eigenvalue weighted by molar-refractivity contribution is 7.92. The molecule has 0 aliphatic carbocycles. The molecule has 0 bridgehead atoms. The summed E-state index contributed by atoms with van der Waals surface area (Å²) >= 11 is 0. The number of halogens is 3. The molecule has 1 amide bonds. The molecule has 2 aliphatic rings. The molecule has 0 spiro atoms. The number of nitrogens with zero attached hydrogens (tertiary/aromatic N) is 2. The highest BCUT2D eigenvalue weighted by atomic mass is 32.2. The van der Waals surface area contributed by atoms with E-state index in [1.165, 1.54) is 18.2 Å². The fraction of sp³-hybridized carbons (Fsp3) is 0.348. The number of quaternary nitrogens is 1. The largest absolute Gasteiger partial charge is 0.484 e. The zero-order valence-corrected chi connectivity index (χ0v) is 21.1. The van der Waals surface area contributed by atoms with Crippen molar-refractivity contribution in [3.63, 3.8) is 0 Å². The Hall–Kier alpha value is -3.65. The van der Waals surface area contributed by atoms with Gasteiger partial charge in [-0.25, -0.2) is 23.6 Å². The van der Waals surface area contributed by atoms with Crippen LogP contribution in [0.5, 0.6) is 5.75 Å². The Kier molecular flexibility index (Phi) is 6.90. The van der Waals surface area contributed by atoms with Gasteiger partial charge in [-0.15, -0.1) is 5.53 Å². The molecule has 2 aromatic carbocycles. The minimum Gasteiger partial charge on any atom is -0.484 e. The number of nitrogens with two attached hydrogens (primary N) is 1. The second-order valence-electron chi connectivity index (χ2n) is 9.42. The van der Waals surface area contributed by atoms with E-state index < -0.39 is 44.5 Å². The van der Waals surface area contributed by atoms with Crippen LogP contribution < -0.4 is 25.3 Å². The summed E-state index contributed by atoms with van der Waals surface area (Å²) in [6.07, 6.45) is -2.70. The number of amides is 1. The Bertz CT molecular complexity index is 1310. The Labute approximate surface area is 212 Å². The number of alkyl halides is 3. The quantitative estimate of drug-likeness (QED) is 0.498. The number of benzene rings is 2. The van der Waals surface area contributed by atoms with Gasteiger partial charge in [0.15, 0.2) is 0 Å². The van der Waals surface area contributed by atoms with Crippen molar-refractivity contribution < 1.29 is 41.4 Å². The third kappa shape index (κ3) is 6.20. The summed E-state index contributed by atoms with van der Waals surface area (Å²) in [7, 11) is -4.45. The number of sulfonamides is 1. The van der Waals surface area contributed by atoms with Crippen LogP contribution in [0.15, 0.2) is 59.8 Å². The van der Waals surface area contributed by atoms with Crippen molar-refractivity contribution in [2.24, 2.45) is 0 Å². The fourth-order valence-electron chi connectivity index (χ4n) is 3.76. The number of carbonyl (C=O) groups is 1. The van der Waals surface area contributed by atoms with Gasteiger partial charge in [0.25, 0.3) is 10.0 Å². The molecular weight excluding hydrogens is 515 g/mol. The van der Waals surface area contributed by atoms with E-state index in [1.807, 2.05) is 0 Å². The molecule has 4 rings (SSSR count). The molecule has 10 nitrogen and oxygen atoms in total. The predicted octanol–water partition coefficient (Wildman–Crippen LogP) is 2.78. The van der Waals surface area contributed by atoms with Gasteiger partial charge in [0.2, 0.25) is 0 Å². The minimum atomic E-state index is -4.72. The highest BCUT2D eigenvalue weighted by Gasteiger charge is 2.38. The van der Waals surface area contributed by atoms with Gasteiger partial charge in [-0.05, 0) is 57.2 Å². The van der Waals surface area contributed by atoms with Crippen molar-refractivity contribution >= 4 is 27.5 Å². The monoisotopic (exact) mass is 542 g/mol. The number of hydrogen-bond donors (Lipinski definition) is 3. The fourth-order valence-corrected chi connectivity index (χ4v) is 5.31. The van der Waals surface area contributed by atoms with Crippen molar-refractivity contribution in [3.05, 3.63) is 60.4 Å². The van der Waals surface area contributed by atoms with Crippen LogP contribution in [0.3, 0.4) is 0 Å². The van der Waals surface area contributed by atoms with Crippen molar-refractivity contribution in [2.75, 3.05) is 22.7 Å². The number of ether oxygens (including phenoxy) is 2. The third-order valence-electron chi connectivity index (χ3n) is 5.30. The summed E-state index contributed by atoms with van der Waals surface area (Å²) in [5.74, 6) is 0.192. The number of nitrogens with one attached hydrogen (secondary N) is 2. The number of fused-ring (bicyclic) bond motifs is 1. The van der Waals surface area contributed by atoms with Gasteiger partial charge in [-0.3, -0.25) is 9.62 Å². The van der Waals surface area contributed by atoms with Gasteiger partial charge >= 0.3 is 12.3 Å². The average Bonchev–Trinajstić information content (AvgIpc) is 3.30. The molecule has 2 aliphatic heterocycles. The first-order chi connectivity index (χ1) is 17.2. The van der Waals surface area contributed by atoms with E-state index in [2.05, 4.69) is 10.7 Å². The van der Waals surface area contributed by atoms with Crippen LogP contribution in [0.2, 0.25) is 0 Å². The molecule has 1 atom stereocenters. The van der Waals surface area contributed by atoms with Crippen LogP contribution in [0.4, 0.5) is 29.3 Å². The summed E-state index contributed by atoms with van der Waals surface area (Å²) in [5.41, 5.74) is 3.00. The molecular formula is C23H27F3N5O5S+. The van der Waals surface area contributed by atoms with Crippen LogP contribution in [-0.2, 0) is 20.9 Å². The Morgan fingerprint density at radius 1 is 1.22 bits per heavy atom. The van der Waals surface area contributed by atoms with Crippen molar-refractivity contribution in [1.82, 2.24) is 10.4 Å². The minimum absolute atomic E-state index is 0.0706. The lowest BCUT2D eigenvalue weighted by atomic mass is 10.2. The van der Waals surface area contributed by atoms with Crippen LogP contribution in [0.25, 0.3) is 0 Å². The molecule has 14 heteroatoms. The van der Waals surface area contributed by atoms with E-state index in [9.17, 15) is 26.4 Å². The summed E-state index contributed by atoms with van der Waals surface area (Å²) in [6, 6.07) is 7.95. The van der Waals surface area contributed by atoms with E-state index in [4.69, 9.17) is 9.47 Å². The van der Waals surface area contributed by atoms with Crippen molar-refractivity contribution in [1.29, 1.82) is 0 Å². The van der Waals surface area contributed by atoms with E-state index in [1.54, 1.807) is 43.7 Å². The third-order valence-corrected chi connectivity index (χ3v) is 7.08. The van der Waals surface area contributed by atoms with Gasteiger partial charge in [-0.2, -0.15) is 13.2 Å². The smallest absolute Gasteiger partial charge is 0.416 e. The van der Waals surface area contributed by atoms with E-state index >= 15 is 0 Å². The summed E-state index contributed by atoms with van der Waals surface area (Å²) in [6.45, 7) is 5.17. The number of carbonyl (C=O) groups excluding carboxylic acids is 1. The molecule has 4 N–H and O–H groups in total. The first-order valence-electron chi connectivity index (χ1n) is 11.2. The Morgan fingerprint density at radius 2 is 1.97 bits per heavy atom. The van der Waals surface area contributed by atoms with Gasteiger partial charge in [0.1, 0.15) is 24.0 Å². The van der Waals surface area contributed by atoms with E-state index in [-0.39, 0.29) is 30.2 Å². The molecule has 0 saturated carbocycles. The average molecular weight is 543 g/mol. The molecule has 0 unspecified atom stereocenters. The SMILES string of the molecule is CC(C)(C)OC(=O)Nc1ccc2c(c1)N(S(=O)(=O)c1cccc(C(F)(F)F)c1)C[C@H](CN1C=CN[NH2+]1)O2. The van der Waals surface area contributed by atoms with Crippen molar-refractivity contribution in [2.45, 2.75) is 43.5 Å². The molecule has 37 heavy (non-hydrogen) atoms. The molecule has 0 aromatic heterocycles. The van der Waals surface area contributed by atoms with Gasteiger partial charge in [-0.1, -0.05) is 6.07 Å². The molecule has 0 radical (unpaired) electrons. The van der Waals surface area contributed by atoms with Crippen LogP contribution in [0.1, 0.15) is 26.3 Å². The lowest BCUT2D eigenvalue weighted by Crippen LogP contribution is -2.97. The summed E-state index contributed by atoms with van der Waals surface area (Å²) < 4.78 is 79.6. The van der Waals surface area contributed by atoms with Crippen molar-refractivity contribution in [3.8, 4) is 5.75 Å². The molecule has 200 valence electrons. The molecule has 2 heterocycles. The number of hydrogen-bond acceptors (Lipinski definition) is 7. The standard InChI is InChI=1S/C23H26F3N5O5S/c1-22(2,3)36-21(32)28-16-7-8-20-19(12-16)31(14-17(35-20)13-30-10-9-27-29-30)37(33,34)18-6-4-5-15(11-18)23(24,25)26/h4-12,17,27,29H,13-14H2,1-3H3,(H,28,32)/p+1/t17-/m0/s1. The lowest BCUT2D eigenvalue weighted by Gasteiger charge is -2.36. The second kappa shape index (κ2) is 9.67. The summed E-state index contributed by atoms with van der Waals surface area (Å²) in [5, 5.41) is 4.29. The zero-order chi connectivity index (χ0) is 27.0. The second-order valence-corrected chi connectivity index (χ2v) is 11.3. The van der Waals surface area contributed by atoms with Crippen LogP contribution in [0, 0.1) is 0 Å². The maximum absolute atomic E-state index is 13.7. The van der Waals surface area contributed by atoms with Gasteiger partial charge < -0.3 is 9.47 Å². The normalized spacial score (nSPS) is 17.6. The topological polar surface area (TPSA) is 117 Å². The van der Waals surface area contributed by atoms with Gasteiger partial charge in [0, 0.05) is 5.69 Å². The predicted molar refractivity (Wildman–Crippen MR) is 128 cm³/mol. The number of rotatable bonds is 5. The number of anilines is 2. The van der Waals surface area contributed by atoms with Crippen LogP contribution >= 0.6 is 0 Å². The maximum atomic E-state index is 13.7. The molecule has 0 saturated heterocycles. The van der Waals surface area contributed by atoms with E-state index in [0.717, 1.165) is 22.5 Å². The van der Waals surface area contributed by atoms with Crippen LogP contribution in [-0.4, -0.2) is 44.3 Å². The van der Waals surface area contributed by atoms with Gasteiger partial charge in [0.05, 0.1) is 35.1 Å². The highest BCUT2D eigenvalue weighted by Crippen LogP contribution is 2.40. The lowest BCUT2D eigenvalue weighted by molar-refractivity contribution is -0.822. The molecule has 0 fully saturated rings. The first kappa shape index (κ1) is 26.4.